The summed E-state index contributed by atoms with van der Waals surface area (Å²) in [5.41, 5.74) is 3.67. The van der Waals surface area contributed by atoms with Crippen LogP contribution in [-0.2, 0) is 0 Å². The highest BCUT2D eigenvalue weighted by atomic mass is 16.3. The van der Waals surface area contributed by atoms with Gasteiger partial charge >= 0.3 is 0 Å². The second kappa shape index (κ2) is 4.98. The maximum Gasteiger partial charge on any atom is 0.0594 e. The summed E-state index contributed by atoms with van der Waals surface area (Å²) in [5, 5.41) is 10.5. The van der Waals surface area contributed by atoms with Crippen LogP contribution in [0.15, 0.2) is 23.3 Å². The third-order valence-electron chi connectivity index (χ3n) is 7.11. The first-order chi connectivity index (χ1) is 9.76. The van der Waals surface area contributed by atoms with Gasteiger partial charge in [0, 0.05) is 0 Å². The lowest BCUT2D eigenvalue weighted by atomic mass is 9.46. The van der Waals surface area contributed by atoms with Crippen LogP contribution in [-0.4, -0.2) is 11.2 Å². The van der Waals surface area contributed by atoms with Gasteiger partial charge in [0.2, 0.25) is 0 Å². The third kappa shape index (κ3) is 2.23. The van der Waals surface area contributed by atoms with Crippen LogP contribution < -0.4 is 0 Å². The van der Waals surface area contributed by atoms with Gasteiger partial charge in [-0.1, -0.05) is 52.3 Å². The van der Waals surface area contributed by atoms with Crippen molar-refractivity contribution in [1.29, 1.82) is 0 Å². The molecule has 0 amide bonds. The summed E-state index contributed by atoms with van der Waals surface area (Å²) < 4.78 is 0. The molecule has 1 nitrogen and oxygen atoms in total. The Labute approximate surface area is 130 Å². The Hall–Kier alpha value is -0.560. The summed E-state index contributed by atoms with van der Waals surface area (Å²) in [5.74, 6) is 2.02. The van der Waals surface area contributed by atoms with Crippen molar-refractivity contribution < 1.29 is 5.11 Å². The highest BCUT2D eigenvalue weighted by Crippen LogP contribution is 2.61. The van der Waals surface area contributed by atoms with Gasteiger partial charge in [0.05, 0.1) is 6.10 Å². The summed E-state index contributed by atoms with van der Waals surface area (Å²) in [6, 6.07) is 0. The van der Waals surface area contributed by atoms with Crippen LogP contribution in [0.5, 0.6) is 0 Å². The molecule has 3 aliphatic carbocycles. The van der Waals surface area contributed by atoms with Gasteiger partial charge in [-0.25, -0.2) is 0 Å². The zero-order valence-electron chi connectivity index (χ0n) is 14.4. The van der Waals surface area contributed by atoms with Crippen LogP contribution in [0.4, 0.5) is 0 Å². The molecule has 1 fully saturated rings. The maximum atomic E-state index is 10.5. The van der Waals surface area contributed by atoms with E-state index in [0.717, 1.165) is 12.8 Å². The van der Waals surface area contributed by atoms with Gasteiger partial charge in [-0.2, -0.15) is 0 Å². The Morgan fingerprint density at radius 3 is 2.57 bits per heavy atom. The quantitative estimate of drug-likeness (QED) is 0.710. The minimum absolute atomic E-state index is 0.0526. The number of aliphatic hydroxyl groups is 1. The zero-order chi connectivity index (χ0) is 15.4. The normalized spacial score (nSPS) is 42.0. The van der Waals surface area contributed by atoms with Crippen molar-refractivity contribution in [3.63, 3.8) is 0 Å². The first-order valence-electron chi connectivity index (χ1n) is 8.85. The number of hydrogen-bond acceptors (Lipinski definition) is 1. The molecular formula is C20H32O. The Morgan fingerprint density at radius 1 is 1.19 bits per heavy atom. The molecule has 0 spiro atoms. The number of aliphatic hydroxyl groups excluding tert-OH is 1. The van der Waals surface area contributed by atoms with Gasteiger partial charge in [0.1, 0.15) is 0 Å². The second-order valence-corrected chi connectivity index (χ2v) is 8.84. The third-order valence-corrected chi connectivity index (χ3v) is 7.11. The predicted octanol–water partition coefficient (Wildman–Crippen LogP) is 5.11. The summed E-state index contributed by atoms with van der Waals surface area (Å²) >= 11 is 0. The fraction of sp³-hybridized carbons (Fsp3) is 0.800. The first-order valence-corrected chi connectivity index (χ1v) is 8.85. The van der Waals surface area contributed by atoms with E-state index < -0.39 is 0 Å². The predicted molar refractivity (Wildman–Crippen MR) is 89.0 cm³/mol. The molecule has 3 rings (SSSR count). The standard InChI is InChI=1S/C20H32O/c1-13(2)14-6-8-16-15(12-14)7-9-17-19(3,4)18(21)10-11-20(16,17)5/h7,12-13,16-18,21H,6,8-11H2,1-5H3. The minimum Gasteiger partial charge on any atom is -0.393 e. The van der Waals surface area contributed by atoms with Gasteiger partial charge in [-0.3, -0.25) is 0 Å². The summed E-state index contributed by atoms with van der Waals surface area (Å²) in [7, 11) is 0. The van der Waals surface area contributed by atoms with E-state index in [1.807, 2.05) is 0 Å². The molecule has 0 aromatic heterocycles. The van der Waals surface area contributed by atoms with E-state index in [9.17, 15) is 5.11 Å². The van der Waals surface area contributed by atoms with Crippen molar-refractivity contribution in [2.24, 2.45) is 28.6 Å². The molecule has 21 heavy (non-hydrogen) atoms. The zero-order valence-corrected chi connectivity index (χ0v) is 14.4. The van der Waals surface area contributed by atoms with E-state index in [1.54, 1.807) is 11.1 Å². The van der Waals surface area contributed by atoms with Crippen molar-refractivity contribution in [2.45, 2.75) is 72.8 Å². The van der Waals surface area contributed by atoms with E-state index in [0.29, 0.717) is 23.2 Å². The Kier molecular flexibility index (Phi) is 3.64. The summed E-state index contributed by atoms with van der Waals surface area (Å²) in [6.45, 7) is 11.7. The lowest BCUT2D eigenvalue weighted by Crippen LogP contribution is -2.54. The molecule has 1 N–H and O–H groups in total. The van der Waals surface area contributed by atoms with Gasteiger partial charge in [-0.05, 0) is 66.3 Å². The molecular weight excluding hydrogens is 256 g/mol. The Balaban J connectivity index is 1.98. The fourth-order valence-electron chi connectivity index (χ4n) is 5.55. The van der Waals surface area contributed by atoms with Crippen molar-refractivity contribution in [1.82, 2.24) is 0 Å². The lowest BCUT2D eigenvalue weighted by Gasteiger charge is -2.59. The largest absolute Gasteiger partial charge is 0.393 e. The smallest absolute Gasteiger partial charge is 0.0594 e. The number of rotatable bonds is 1. The molecule has 0 bridgehead atoms. The molecule has 118 valence electrons. The molecule has 0 aromatic rings. The van der Waals surface area contributed by atoms with E-state index in [2.05, 4.69) is 46.8 Å². The highest BCUT2D eigenvalue weighted by molar-refractivity contribution is 5.35. The molecule has 4 atom stereocenters. The molecule has 1 heteroatoms. The number of hydrogen-bond donors (Lipinski definition) is 1. The van der Waals surface area contributed by atoms with Gasteiger partial charge in [0.25, 0.3) is 0 Å². The number of allylic oxidation sites excluding steroid dienone is 4. The first kappa shape index (κ1) is 15.3. The molecule has 0 radical (unpaired) electrons. The van der Waals surface area contributed by atoms with Crippen molar-refractivity contribution >= 4 is 0 Å². The fourth-order valence-corrected chi connectivity index (χ4v) is 5.55. The summed E-state index contributed by atoms with van der Waals surface area (Å²) in [6.07, 6.45) is 10.8. The van der Waals surface area contributed by atoms with Crippen LogP contribution in [0.1, 0.15) is 66.7 Å². The Morgan fingerprint density at radius 2 is 1.90 bits per heavy atom. The monoisotopic (exact) mass is 288 g/mol. The van der Waals surface area contributed by atoms with E-state index >= 15 is 0 Å². The Bertz CT molecular complexity index is 482. The van der Waals surface area contributed by atoms with Crippen LogP contribution in [0.25, 0.3) is 0 Å². The molecule has 3 aliphatic rings. The van der Waals surface area contributed by atoms with Crippen LogP contribution >= 0.6 is 0 Å². The van der Waals surface area contributed by atoms with Crippen molar-refractivity contribution in [3.05, 3.63) is 23.3 Å². The molecule has 0 aromatic carbocycles. The molecule has 0 saturated heterocycles. The second-order valence-electron chi connectivity index (χ2n) is 8.84. The van der Waals surface area contributed by atoms with Crippen molar-refractivity contribution in [3.8, 4) is 0 Å². The molecule has 0 heterocycles. The van der Waals surface area contributed by atoms with Crippen molar-refractivity contribution in [2.75, 3.05) is 0 Å². The minimum atomic E-state index is -0.129. The van der Waals surface area contributed by atoms with Crippen LogP contribution in [0, 0.1) is 28.6 Å². The lowest BCUT2D eigenvalue weighted by molar-refractivity contribution is -0.115. The van der Waals surface area contributed by atoms with E-state index in [-0.39, 0.29) is 11.5 Å². The van der Waals surface area contributed by atoms with Gasteiger partial charge in [-0.15, -0.1) is 0 Å². The maximum absolute atomic E-state index is 10.5. The molecule has 0 aliphatic heterocycles. The van der Waals surface area contributed by atoms with Gasteiger partial charge in [0.15, 0.2) is 0 Å². The average Bonchev–Trinajstić information content (AvgIpc) is 2.43. The highest BCUT2D eigenvalue weighted by Gasteiger charge is 2.55. The topological polar surface area (TPSA) is 20.2 Å². The number of fused-ring (bicyclic) bond motifs is 3. The summed E-state index contributed by atoms with van der Waals surface area (Å²) in [4.78, 5) is 0. The van der Waals surface area contributed by atoms with Crippen LogP contribution in [0.2, 0.25) is 0 Å². The van der Waals surface area contributed by atoms with E-state index in [1.165, 1.54) is 19.3 Å². The molecule has 4 unspecified atom stereocenters. The van der Waals surface area contributed by atoms with Crippen LogP contribution in [0.3, 0.4) is 0 Å². The average molecular weight is 288 g/mol. The molecule has 1 saturated carbocycles. The van der Waals surface area contributed by atoms with Gasteiger partial charge < -0.3 is 5.11 Å². The van der Waals surface area contributed by atoms with E-state index in [4.69, 9.17) is 0 Å². The SMILES string of the molecule is CC(C)C1=CC2=CCC3C(C)(C)C(O)CCC3(C)C2CC1.